The molecule has 2 aromatic rings. The monoisotopic (exact) mass is 247 g/mol. The molecule has 0 unspecified atom stereocenters. The maximum absolute atomic E-state index is 6.17. The normalized spacial score (nSPS) is 18.8. The molecule has 5 nitrogen and oxygen atoms in total. The van der Waals surface area contributed by atoms with E-state index in [9.17, 15) is 0 Å². The molecule has 5 heteroatoms. The van der Waals surface area contributed by atoms with Gasteiger partial charge in [0.05, 0.1) is 5.69 Å². The summed E-state index contributed by atoms with van der Waals surface area (Å²) in [6.45, 7) is 7.25. The first-order valence-electron chi connectivity index (χ1n) is 6.78. The molecule has 0 aliphatic heterocycles. The summed E-state index contributed by atoms with van der Waals surface area (Å²) in [5.41, 5.74) is 9.30. The van der Waals surface area contributed by atoms with Crippen LogP contribution in [0.4, 0.5) is 5.95 Å². The van der Waals surface area contributed by atoms with E-state index in [-0.39, 0.29) is 5.54 Å². The van der Waals surface area contributed by atoms with Gasteiger partial charge in [0, 0.05) is 12.1 Å². The van der Waals surface area contributed by atoms with Crippen molar-refractivity contribution in [3.8, 4) is 0 Å². The number of nitrogens with zero attached hydrogens (tertiary/aromatic N) is 4. The topological polar surface area (TPSA) is 61.7 Å². The van der Waals surface area contributed by atoms with Crippen LogP contribution in [0.2, 0.25) is 0 Å². The van der Waals surface area contributed by atoms with Crippen LogP contribution in [0.5, 0.6) is 0 Å². The molecule has 1 aliphatic rings. The van der Waals surface area contributed by atoms with Crippen molar-refractivity contribution in [1.29, 1.82) is 0 Å². The summed E-state index contributed by atoms with van der Waals surface area (Å²) in [6.07, 6.45) is 4.90. The molecule has 0 saturated heterocycles. The van der Waals surface area contributed by atoms with Gasteiger partial charge in [-0.1, -0.05) is 12.8 Å². The van der Waals surface area contributed by atoms with E-state index in [1.165, 1.54) is 25.7 Å². The largest absolute Gasteiger partial charge is 0.369 e. The average molecular weight is 247 g/mol. The van der Waals surface area contributed by atoms with E-state index in [0.717, 1.165) is 23.4 Å². The van der Waals surface area contributed by atoms with Gasteiger partial charge in [-0.05, 0) is 33.6 Å². The van der Waals surface area contributed by atoms with Crippen LogP contribution in [-0.2, 0) is 12.1 Å². The molecule has 0 bridgehead atoms. The molecule has 0 amide bonds. The number of imidazole rings is 1. The Morgan fingerprint density at radius 2 is 2.00 bits per heavy atom. The van der Waals surface area contributed by atoms with Crippen molar-refractivity contribution < 1.29 is 0 Å². The zero-order valence-electron chi connectivity index (χ0n) is 11.4. The van der Waals surface area contributed by atoms with Gasteiger partial charge in [-0.15, -0.1) is 0 Å². The SMILES string of the molecule is CCn1nc(C)c2nc(N)n(C3(C)CCCC3)c21. The third-order valence-electron chi connectivity index (χ3n) is 4.26. The van der Waals surface area contributed by atoms with Crippen molar-refractivity contribution in [2.24, 2.45) is 0 Å². The van der Waals surface area contributed by atoms with Crippen molar-refractivity contribution >= 4 is 17.1 Å². The molecule has 1 saturated carbocycles. The molecule has 0 atom stereocenters. The Balaban J connectivity index is 2.30. The first-order chi connectivity index (χ1) is 8.57. The minimum Gasteiger partial charge on any atom is -0.369 e. The predicted molar refractivity (Wildman–Crippen MR) is 72.5 cm³/mol. The molecule has 18 heavy (non-hydrogen) atoms. The van der Waals surface area contributed by atoms with Crippen molar-refractivity contribution in [3.05, 3.63) is 5.69 Å². The maximum Gasteiger partial charge on any atom is 0.203 e. The van der Waals surface area contributed by atoms with Crippen LogP contribution in [0.15, 0.2) is 0 Å². The Morgan fingerprint density at radius 1 is 1.33 bits per heavy atom. The molecule has 1 aliphatic carbocycles. The molecule has 2 heterocycles. The second kappa shape index (κ2) is 3.73. The summed E-state index contributed by atoms with van der Waals surface area (Å²) in [5, 5.41) is 4.55. The Kier molecular flexibility index (Phi) is 2.40. The molecule has 0 aromatic carbocycles. The quantitative estimate of drug-likeness (QED) is 0.886. The van der Waals surface area contributed by atoms with E-state index >= 15 is 0 Å². The highest BCUT2D eigenvalue weighted by Gasteiger charge is 2.35. The summed E-state index contributed by atoms with van der Waals surface area (Å²) >= 11 is 0. The molecule has 98 valence electrons. The highest BCUT2D eigenvalue weighted by Crippen LogP contribution is 2.40. The van der Waals surface area contributed by atoms with Crippen LogP contribution in [0, 0.1) is 6.92 Å². The lowest BCUT2D eigenvalue weighted by Crippen LogP contribution is -2.28. The fourth-order valence-electron chi connectivity index (χ4n) is 3.30. The Labute approximate surface area is 107 Å². The Hall–Kier alpha value is -1.52. The number of aromatic nitrogens is 4. The minimum atomic E-state index is 0.109. The standard InChI is InChI=1S/C13H21N5/c1-4-17-11-10(9(2)16-17)15-12(14)18(11)13(3)7-5-6-8-13/h4-8H2,1-3H3,(H2,14,15). The van der Waals surface area contributed by atoms with Crippen molar-refractivity contribution in [2.75, 3.05) is 5.73 Å². The summed E-state index contributed by atoms with van der Waals surface area (Å²) in [4.78, 5) is 4.53. The van der Waals surface area contributed by atoms with Gasteiger partial charge >= 0.3 is 0 Å². The number of fused-ring (bicyclic) bond motifs is 1. The fourth-order valence-corrected chi connectivity index (χ4v) is 3.30. The van der Waals surface area contributed by atoms with Gasteiger partial charge in [-0.3, -0.25) is 4.57 Å². The first kappa shape index (κ1) is 11.6. The Morgan fingerprint density at radius 3 is 2.61 bits per heavy atom. The van der Waals surface area contributed by atoms with Gasteiger partial charge in [0.15, 0.2) is 5.65 Å². The third kappa shape index (κ3) is 1.39. The van der Waals surface area contributed by atoms with Crippen LogP contribution >= 0.6 is 0 Å². The van der Waals surface area contributed by atoms with E-state index in [1.54, 1.807) is 0 Å². The molecule has 3 rings (SSSR count). The zero-order chi connectivity index (χ0) is 12.9. The van der Waals surface area contributed by atoms with Gasteiger partial charge < -0.3 is 5.73 Å². The molecular weight excluding hydrogens is 226 g/mol. The predicted octanol–water partition coefficient (Wildman–Crippen LogP) is 2.43. The van der Waals surface area contributed by atoms with E-state index in [1.807, 2.05) is 11.6 Å². The molecule has 1 fully saturated rings. The second-order valence-corrected chi connectivity index (χ2v) is 5.58. The van der Waals surface area contributed by atoms with Crippen molar-refractivity contribution in [3.63, 3.8) is 0 Å². The molecule has 2 aromatic heterocycles. The number of rotatable bonds is 2. The minimum absolute atomic E-state index is 0.109. The van der Waals surface area contributed by atoms with Crippen LogP contribution in [-0.4, -0.2) is 19.3 Å². The highest BCUT2D eigenvalue weighted by molar-refractivity contribution is 5.78. The van der Waals surface area contributed by atoms with Crippen LogP contribution in [0.3, 0.4) is 0 Å². The molecule has 2 N–H and O–H groups in total. The highest BCUT2D eigenvalue weighted by atomic mass is 15.4. The van der Waals surface area contributed by atoms with Gasteiger partial charge in [-0.2, -0.15) is 5.10 Å². The van der Waals surface area contributed by atoms with Crippen LogP contribution in [0.25, 0.3) is 11.2 Å². The average Bonchev–Trinajstić information content (AvgIpc) is 2.97. The smallest absolute Gasteiger partial charge is 0.203 e. The first-order valence-corrected chi connectivity index (χ1v) is 6.78. The number of nitrogen functional groups attached to an aromatic ring is 1. The van der Waals surface area contributed by atoms with Crippen molar-refractivity contribution in [2.45, 2.75) is 58.5 Å². The lowest BCUT2D eigenvalue weighted by Gasteiger charge is -2.27. The molecular formula is C13H21N5. The number of hydrogen-bond acceptors (Lipinski definition) is 3. The number of hydrogen-bond donors (Lipinski definition) is 1. The van der Waals surface area contributed by atoms with E-state index in [0.29, 0.717) is 5.95 Å². The van der Waals surface area contributed by atoms with Crippen molar-refractivity contribution in [1.82, 2.24) is 19.3 Å². The van der Waals surface area contributed by atoms with Gasteiger partial charge in [-0.25, -0.2) is 9.67 Å². The molecule has 0 spiro atoms. The van der Waals surface area contributed by atoms with Crippen LogP contribution in [0.1, 0.15) is 45.2 Å². The fraction of sp³-hybridized carbons (Fsp3) is 0.692. The lowest BCUT2D eigenvalue weighted by molar-refractivity contribution is 0.338. The summed E-state index contributed by atoms with van der Waals surface area (Å²) < 4.78 is 4.25. The van der Waals surface area contributed by atoms with Gasteiger partial charge in [0.25, 0.3) is 0 Å². The number of nitrogens with two attached hydrogens (primary N) is 1. The van der Waals surface area contributed by atoms with Gasteiger partial charge in [0.1, 0.15) is 5.52 Å². The van der Waals surface area contributed by atoms with Crippen LogP contribution < -0.4 is 5.73 Å². The van der Waals surface area contributed by atoms with E-state index in [4.69, 9.17) is 5.73 Å². The van der Waals surface area contributed by atoms with Gasteiger partial charge in [0.2, 0.25) is 5.95 Å². The Bertz CT molecular complexity index is 586. The molecule has 0 radical (unpaired) electrons. The number of aryl methyl sites for hydroxylation is 2. The van der Waals surface area contributed by atoms with E-state index < -0.39 is 0 Å². The van der Waals surface area contributed by atoms with E-state index in [2.05, 4.69) is 28.5 Å². The second-order valence-electron chi connectivity index (χ2n) is 5.58. The summed E-state index contributed by atoms with van der Waals surface area (Å²) in [5.74, 6) is 0.636. The summed E-state index contributed by atoms with van der Waals surface area (Å²) in [7, 11) is 0. The number of anilines is 1. The summed E-state index contributed by atoms with van der Waals surface area (Å²) in [6, 6.07) is 0. The third-order valence-corrected chi connectivity index (χ3v) is 4.26. The lowest BCUT2D eigenvalue weighted by atomic mass is 10.0. The maximum atomic E-state index is 6.17. The zero-order valence-corrected chi connectivity index (χ0v) is 11.4.